The molecular formula is C34H42N8O4. The summed E-state index contributed by atoms with van der Waals surface area (Å²) in [5.41, 5.74) is 8.36. The Morgan fingerprint density at radius 1 is 1.02 bits per heavy atom. The third kappa shape index (κ3) is 6.47. The molecule has 3 saturated heterocycles. The maximum atomic E-state index is 14.1. The Morgan fingerprint density at radius 3 is 2.54 bits per heavy atom. The summed E-state index contributed by atoms with van der Waals surface area (Å²) >= 11 is 0. The number of nitrogens with two attached hydrogens (primary N) is 1. The predicted molar refractivity (Wildman–Crippen MR) is 173 cm³/mol. The lowest BCUT2D eigenvalue weighted by molar-refractivity contribution is -0.151. The molecule has 0 unspecified atom stereocenters. The van der Waals surface area contributed by atoms with Gasteiger partial charge in [0.25, 0.3) is 0 Å². The van der Waals surface area contributed by atoms with Crippen LogP contribution in [-0.2, 0) is 27.9 Å². The topological polar surface area (TPSA) is 158 Å². The van der Waals surface area contributed by atoms with Crippen LogP contribution in [0.15, 0.2) is 54.6 Å². The molecule has 3 amide bonds. The van der Waals surface area contributed by atoms with Gasteiger partial charge in [-0.15, -0.1) is 0 Å². The van der Waals surface area contributed by atoms with Crippen LogP contribution in [0.2, 0.25) is 0 Å². The Balaban J connectivity index is 1.16. The SMILES string of the molecule is Cn1c(C(=O)[C@H](C[C@@H]2CCCN(C(=N)N)C2)NC(=O)[C@@H]2CC[C@H]3CN(C(=O)CCc4ccccc4)CC(=O)N32)nc2ccccc21. The summed E-state index contributed by atoms with van der Waals surface area (Å²) in [6.07, 6.45) is 4.03. The summed E-state index contributed by atoms with van der Waals surface area (Å²) in [5.74, 6) is -0.675. The van der Waals surface area contributed by atoms with Gasteiger partial charge < -0.3 is 30.3 Å². The van der Waals surface area contributed by atoms with E-state index in [1.54, 1.807) is 26.3 Å². The van der Waals surface area contributed by atoms with Crippen molar-refractivity contribution in [3.63, 3.8) is 0 Å². The van der Waals surface area contributed by atoms with Crippen molar-refractivity contribution in [3.05, 3.63) is 66.0 Å². The second-order valence-electron chi connectivity index (χ2n) is 12.8. The highest BCUT2D eigenvalue weighted by molar-refractivity contribution is 6.02. The minimum absolute atomic E-state index is 0.000150. The molecule has 46 heavy (non-hydrogen) atoms. The van der Waals surface area contributed by atoms with Crippen LogP contribution in [0.1, 0.15) is 54.7 Å². The molecule has 6 rings (SSSR count). The molecule has 12 nitrogen and oxygen atoms in total. The number of rotatable bonds is 9. The quantitative estimate of drug-likeness (QED) is 0.186. The van der Waals surface area contributed by atoms with Crippen molar-refractivity contribution < 1.29 is 19.2 Å². The van der Waals surface area contributed by atoms with Gasteiger partial charge in [-0.1, -0.05) is 42.5 Å². The summed E-state index contributed by atoms with van der Waals surface area (Å²) in [7, 11) is 1.79. The zero-order valence-electron chi connectivity index (χ0n) is 26.2. The van der Waals surface area contributed by atoms with Crippen LogP contribution in [0.25, 0.3) is 11.0 Å². The molecular weight excluding hydrogens is 584 g/mol. The number of hydrogen-bond donors (Lipinski definition) is 3. The van der Waals surface area contributed by atoms with Crippen molar-refractivity contribution in [2.24, 2.45) is 18.7 Å². The Morgan fingerprint density at radius 2 is 1.78 bits per heavy atom. The first kappa shape index (κ1) is 31.3. The van der Waals surface area contributed by atoms with Crippen LogP contribution in [0.4, 0.5) is 0 Å². The van der Waals surface area contributed by atoms with Crippen molar-refractivity contribution in [2.45, 2.75) is 63.1 Å². The first-order valence-corrected chi connectivity index (χ1v) is 16.2. The number of para-hydroxylation sites is 2. The van der Waals surface area contributed by atoms with Gasteiger partial charge in [-0.2, -0.15) is 0 Å². The summed E-state index contributed by atoms with van der Waals surface area (Å²) in [6, 6.07) is 15.5. The molecule has 0 bridgehead atoms. The predicted octanol–water partition coefficient (Wildman–Crippen LogP) is 2.07. The van der Waals surface area contributed by atoms with Crippen LogP contribution in [-0.4, -0.2) is 98.0 Å². The number of imidazole rings is 1. The Bertz CT molecular complexity index is 1640. The molecule has 3 aromatic rings. The highest BCUT2D eigenvalue weighted by Crippen LogP contribution is 2.30. The zero-order valence-corrected chi connectivity index (χ0v) is 26.2. The molecule has 4 N–H and O–H groups in total. The number of nitrogens with zero attached hydrogens (tertiary/aromatic N) is 5. The lowest BCUT2D eigenvalue weighted by Gasteiger charge is -2.39. The van der Waals surface area contributed by atoms with Gasteiger partial charge in [-0.05, 0) is 62.1 Å². The number of aromatic nitrogens is 2. The summed E-state index contributed by atoms with van der Waals surface area (Å²) in [5, 5.41) is 10.9. The van der Waals surface area contributed by atoms with E-state index in [0.29, 0.717) is 57.3 Å². The minimum Gasteiger partial charge on any atom is -0.370 e. The van der Waals surface area contributed by atoms with E-state index in [-0.39, 0.29) is 53.8 Å². The molecule has 12 heteroatoms. The maximum absolute atomic E-state index is 14.1. The van der Waals surface area contributed by atoms with Crippen molar-refractivity contribution in [3.8, 4) is 0 Å². The van der Waals surface area contributed by atoms with Crippen LogP contribution < -0.4 is 11.1 Å². The van der Waals surface area contributed by atoms with Gasteiger partial charge in [0, 0.05) is 33.1 Å². The number of guanidine groups is 1. The normalized spacial score (nSPS) is 22.1. The fraction of sp³-hybridized carbons (Fsp3) is 0.471. The number of aryl methyl sites for hydroxylation is 2. The molecule has 0 aliphatic carbocycles. The van der Waals surface area contributed by atoms with Crippen LogP contribution >= 0.6 is 0 Å². The van der Waals surface area contributed by atoms with Gasteiger partial charge in [0.1, 0.15) is 6.04 Å². The first-order valence-electron chi connectivity index (χ1n) is 16.2. The highest BCUT2D eigenvalue weighted by Gasteiger charge is 2.46. The fourth-order valence-electron chi connectivity index (χ4n) is 7.34. The third-order valence-corrected chi connectivity index (χ3v) is 9.74. The van der Waals surface area contributed by atoms with E-state index in [9.17, 15) is 19.2 Å². The standard InChI is InChI=1S/C34H42N8O4/c1-39-27-12-6-5-11-25(27)37-32(39)31(45)26(18-23-10-7-17-40(19-23)34(35)36)38-33(46)28-15-14-24-20-41(21-30(44)42(24)28)29(43)16-13-22-8-3-2-4-9-22/h2-6,8-9,11-12,23-24,26,28H,7,10,13-21H2,1H3,(H3,35,36)(H,38,46)/t23-,24-,26-,28-/m0/s1. The summed E-state index contributed by atoms with van der Waals surface area (Å²) in [6.45, 7) is 1.56. The monoisotopic (exact) mass is 626 g/mol. The molecule has 4 atom stereocenters. The van der Waals surface area contributed by atoms with E-state index in [1.807, 2.05) is 54.6 Å². The number of piperidine rings is 1. The summed E-state index contributed by atoms with van der Waals surface area (Å²) < 4.78 is 1.75. The van der Waals surface area contributed by atoms with Gasteiger partial charge >= 0.3 is 0 Å². The molecule has 0 saturated carbocycles. The number of carbonyl (C=O) groups excluding carboxylic acids is 4. The Labute approximate surface area is 268 Å². The average molecular weight is 627 g/mol. The minimum atomic E-state index is -0.866. The molecule has 0 spiro atoms. The van der Waals surface area contributed by atoms with E-state index in [0.717, 1.165) is 23.9 Å². The van der Waals surface area contributed by atoms with Crippen molar-refractivity contribution in [1.29, 1.82) is 5.41 Å². The van der Waals surface area contributed by atoms with Gasteiger partial charge in [0.15, 0.2) is 11.8 Å². The molecule has 242 valence electrons. The van der Waals surface area contributed by atoms with E-state index in [1.165, 1.54) is 0 Å². The fourth-order valence-corrected chi connectivity index (χ4v) is 7.34. The van der Waals surface area contributed by atoms with Gasteiger partial charge in [-0.3, -0.25) is 24.6 Å². The number of hydrogen-bond acceptors (Lipinski definition) is 6. The van der Waals surface area contributed by atoms with E-state index in [2.05, 4.69) is 10.3 Å². The third-order valence-electron chi connectivity index (χ3n) is 9.74. The second kappa shape index (κ2) is 13.3. The molecule has 4 heterocycles. The first-order chi connectivity index (χ1) is 22.2. The molecule has 3 aliphatic heterocycles. The molecule has 3 fully saturated rings. The van der Waals surface area contributed by atoms with Gasteiger partial charge in [0.05, 0.1) is 29.7 Å². The van der Waals surface area contributed by atoms with E-state index in [4.69, 9.17) is 11.1 Å². The number of Topliss-reactive ketones (excluding diaryl/α,β-unsaturated/α-hetero) is 1. The van der Waals surface area contributed by atoms with Gasteiger partial charge in [0.2, 0.25) is 23.5 Å². The van der Waals surface area contributed by atoms with Crippen LogP contribution in [0.3, 0.4) is 0 Å². The van der Waals surface area contributed by atoms with Crippen LogP contribution in [0, 0.1) is 11.3 Å². The number of ketones is 1. The largest absolute Gasteiger partial charge is 0.370 e. The molecule has 0 radical (unpaired) electrons. The lowest BCUT2D eigenvalue weighted by atomic mass is 9.89. The number of amides is 3. The van der Waals surface area contributed by atoms with Crippen molar-refractivity contribution in [2.75, 3.05) is 26.2 Å². The van der Waals surface area contributed by atoms with Crippen LogP contribution in [0.5, 0.6) is 0 Å². The number of fused-ring (bicyclic) bond motifs is 2. The highest BCUT2D eigenvalue weighted by atomic mass is 16.2. The zero-order chi connectivity index (χ0) is 32.4. The number of carbonyl (C=O) groups is 4. The Hall–Kier alpha value is -4.74. The average Bonchev–Trinajstić information content (AvgIpc) is 3.65. The smallest absolute Gasteiger partial charge is 0.243 e. The Kier molecular flexibility index (Phi) is 9.05. The number of nitrogens with one attached hydrogen (secondary N) is 2. The van der Waals surface area contributed by atoms with Gasteiger partial charge in [-0.25, -0.2) is 4.98 Å². The molecule has 2 aromatic carbocycles. The number of piperazine rings is 1. The number of likely N-dealkylation sites (tertiary alicyclic amines) is 1. The van der Waals surface area contributed by atoms with E-state index < -0.39 is 12.1 Å². The lowest BCUT2D eigenvalue weighted by Crippen LogP contribution is -2.60. The molecule has 1 aromatic heterocycles. The number of benzene rings is 2. The van der Waals surface area contributed by atoms with Crippen molar-refractivity contribution in [1.82, 2.24) is 29.6 Å². The van der Waals surface area contributed by atoms with E-state index >= 15 is 0 Å². The maximum Gasteiger partial charge on any atom is 0.243 e. The molecule has 3 aliphatic rings. The summed E-state index contributed by atoms with van der Waals surface area (Å²) in [4.78, 5) is 64.1. The second-order valence-corrected chi connectivity index (χ2v) is 12.8. The van der Waals surface area contributed by atoms with Crippen molar-refractivity contribution >= 4 is 40.5 Å².